The molecule has 2 heterocycles. The Balaban J connectivity index is 1.67. The molecule has 0 amide bonds. The molecular formula is C10H16N2S2. The van der Waals surface area contributed by atoms with Gasteiger partial charge in [-0.15, -0.1) is 23.1 Å². The Morgan fingerprint density at radius 2 is 2.29 bits per heavy atom. The van der Waals surface area contributed by atoms with E-state index in [0.717, 1.165) is 0 Å². The predicted molar refractivity (Wildman–Crippen MR) is 63.2 cm³/mol. The number of thiazole rings is 1. The first-order valence-corrected chi connectivity index (χ1v) is 6.92. The van der Waals surface area contributed by atoms with E-state index in [1.165, 1.54) is 47.4 Å². The first kappa shape index (κ1) is 10.5. The Morgan fingerprint density at radius 3 is 2.93 bits per heavy atom. The van der Waals surface area contributed by atoms with Crippen molar-refractivity contribution in [2.75, 3.05) is 25.4 Å². The van der Waals surface area contributed by atoms with Crippen LogP contribution in [-0.4, -0.2) is 35.3 Å². The minimum atomic E-state index is 1.17. The molecule has 2 rings (SSSR count). The summed E-state index contributed by atoms with van der Waals surface area (Å²) in [5.41, 5.74) is 0. The number of rotatable bonds is 4. The van der Waals surface area contributed by atoms with Gasteiger partial charge in [-0.3, -0.25) is 0 Å². The van der Waals surface area contributed by atoms with Crippen LogP contribution in [0.3, 0.4) is 0 Å². The van der Waals surface area contributed by atoms with E-state index in [-0.39, 0.29) is 0 Å². The van der Waals surface area contributed by atoms with Crippen molar-refractivity contribution in [2.24, 2.45) is 0 Å². The molecule has 1 fully saturated rings. The Labute approximate surface area is 93.7 Å². The molecule has 1 aromatic rings. The fraction of sp³-hybridized carbons (Fsp3) is 0.700. The largest absolute Gasteiger partial charge is 0.303 e. The number of hydrogen-bond donors (Lipinski definition) is 0. The van der Waals surface area contributed by atoms with Crippen LogP contribution in [0.1, 0.15) is 17.8 Å². The third-order valence-electron chi connectivity index (χ3n) is 2.45. The second kappa shape index (κ2) is 5.14. The highest BCUT2D eigenvalue weighted by atomic mass is 32.2. The van der Waals surface area contributed by atoms with Crippen LogP contribution in [0.4, 0.5) is 0 Å². The first-order valence-electron chi connectivity index (χ1n) is 5.12. The van der Waals surface area contributed by atoms with Gasteiger partial charge in [-0.05, 0) is 32.9 Å². The molecule has 1 aliphatic heterocycles. The minimum Gasteiger partial charge on any atom is -0.303 e. The Morgan fingerprint density at radius 1 is 1.50 bits per heavy atom. The van der Waals surface area contributed by atoms with Gasteiger partial charge in [0.1, 0.15) is 0 Å². The van der Waals surface area contributed by atoms with Gasteiger partial charge >= 0.3 is 0 Å². The lowest BCUT2D eigenvalue weighted by molar-refractivity contribution is 0.362. The molecule has 0 aliphatic carbocycles. The van der Waals surface area contributed by atoms with Crippen molar-refractivity contribution in [1.82, 2.24) is 9.88 Å². The van der Waals surface area contributed by atoms with E-state index in [9.17, 15) is 0 Å². The van der Waals surface area contributed by atoms with Gasteiger partial charge in [0.05, 0.1) is 15.4 Å². The highest BCUT2D eigenvalue weighted by Crippen LogP contribution is 2.24. The van der Waals surface area contributed by atoms with Gasteiger partial charge in [-0.1, -0.05) is 0 Å². The molecule has 0 saturated carbocycles. The number of aromatic nitrogens is 1. The topological polar surface area (TPSA) is 16.1 Å². The normalized spacial score (nSPS) is 17.8. The summed E-state index contributed by atoms with van der Waals surface area (Å²) >= 11 is 3.75. The molecule has 0 N–H and O–H groups in total. The van der Waals surface area contributed by atoms with Gasteiger partial charge in [0, 0.05) is 12.3 Å². The Bertz CT molecular complexity index is 279. The molecule has 78 valence electrons. The minimum absolute atomic E-state index is 1.17. The summed E-state index contributed by atoms with van der Waals surface area (Å²) in [7, 11) is 0. The summed E-state index contributed by atoms with van der Waals surface area (Å²) < 4.78 is 1.36. The summed E-state index contributed by atoms with van der Waals surface area (Å²) in [6.45, 7) is 5.92. The van der Waals surface area contributed by atoms with Crippen molar-refractivity contribution in [3.63, 3.8) is 0 Å². The van der Waals surface area contributed by atoms with Crippen LogP contribution < -0.4 is 0 Å². The zero-order chi connectivity index (χ0) is 9.80. The fourth-order valence-corrected chi connectivity index (χ4v) is 3.72. The Kier molecular flexibility index (Phi) is 3.84. The number of likely N-dealkylation sites (tertiary alicyclic amines) is 1. The van der Waals surface area contributed by atoms with E-state index >= 15 is 0 Å². The third kappa shape index (κ3) is 2.97. The SMILES string of the molecule is Cc1ncc(SCCN2CCCC2)s1. The molecule has 0 spiro atoms. The molecule has 0 unspecified atom stereocenters. The fourth-order valence-electron chi connectivity index (χ4n) is 1.69. The average molecular weight is 228 g/mol. The molecule has 2 nitrogen and oxygen atoms in total. The maximum atomic E-state index is 4.25. The molecular weight excluding hydrogens is 212 g/mol. The van der Waals surface area contributed by atoms with Crippen LogP contribution in [0.2, 0.25) is 0 Å². The molecule has 4 heteroatoms. The number of nitrogens with zero attached hydrogens (tertiary/aromatic N) is 2. The smallest absolute Gasteiger partial charge is 0.0905 e. The number of aryl methyl sites for hydroxylation is 1. The zero-order valence-corrected chi connectivity index (χ0v) is 10.2. The van der Waals surface area contributed by atoms with Crippen LogP contribution >= 0.6 is 23.1 Å². The lowest BCUT2D eigenvalue weighted by Crippen LogP contribution is -2.21. The average Bonchev–Trinajstić information content (AvgIpc) is 2.77. The standard InChI is InChI=1S/C10H16N2S2/c1-9-11-8-10(14-9)13-7-6-12-4-2-3-5-12/h8H,2-7H2,1H3. The van der Waals surface area contributed by atoms with Crippen molar-refractivity contribution in [3.05, 3.63) is 11.2 Å². The van der Waals surface area contributed by atoms with Gasteiger partial charge in [0.2, 0.25) is 0 Å². The maximum absolute atomic E-state index is 4.25. The molecule has 0 atom stereocenters. The zero-order valence-electron chi connectivity index (χ0n) is 8.53. The Hall–Kier alpha value is -0.0600. The van der Waals surface area contributed by atoms with Crippen molar-refractivity contribution in [3.8, 4) is 0 Å². The van der Waals surface area contributed by atoms with E-state index < -0.39 is 0 Å². The van der Waals surface area contributed by atoms with Crippen LogP contribution in [0.15, 0.2) is 10.4 Å². The maximum Gasteiger partial charge on any atom is 0.0905 e. The predicted octanol–water partition coefficient (Wildman–Crippen LogP) is 2.64. The first-order chi connectivity index (χ1) is 6.84. The van der Waals surface area contributed by atoms with E-state index in [0.29, 0.717) is 0 Å². The number of thioether (sulfide) groups is 1. The van der Waals surface area contributed by atoms with Gasteiger partial charge in [0.15, 0.2) is 0 Å². The second-order valence-corrected chi connectivity index (χ2v) is 6.23. The van der Waals surface area contributed by atoms with Crippen molar-refractivity contribution in [2.45, 2.75) is 24.0 Å². The van der Waals surface area contributed by atoms with Crippen molar-refractivity contribution < 1.29 is 0 Å². The number of hydrogen-bond acceptors (Lipinski definition) is 4. The summed E-state index contributed by atoms with van der Waals surface area (Å²) in [6.07, 6.45) is 4.78. The van der Waals surface area contributed by atoms with Crippen LogP contribution in [0.5, 0.6) is 0 Å². The van der Waals surface area contributed by atoms with Gasteiger partial charge < -0.3 is 4.90 Å². The molecule has 0 bridgehead atoms. The third-order valence-corrected chi connectivity index (χ3v) is 4.54. The quantitative estimate of drug-likeness (QED) is 0.737. The summed E-state index contributed by atoms with van der Waals surface area (Å²) in [4.78, 5) is 6.81. The summed E-state index contributed by atoms with van der Waals surface area (Å²) in [5, 5.41) is 1.17. The van der Waals surface area contributed by atoms with Gasteiger partial charge in [-0.25, -0.2) is 4.98 Å². The highest BCUT2D eigenvalue weighted by Gasteiger charge is 2.10. The summed E-state index contributed by atoms with van der Waals surface area (Å²) in [5.74, 6) is 1.21. The van der Waals surface area contributed by atoms with Gasteiger partial charge in [-0.2, -0.15) is 0 Å². The highest BCUT2D eigenvalue weighted by molar-refractivity contribution is 8.01. The van der Waals surface area contributed by atoms with Crippen LogP contribution in [-0.2, 0) is 0 Å². The van der Waals surface area contributed by atoms with E-state index in [2.05, 4.69) is 16.8 Å². The molecule has 0 aromatic carbocycles. The van der Waals surface area contributed by atoms with Crippen molar-refractivity contribution in [1.29, 1.82) is 0 Å². The van der Waals surface area contributed by atoms with E-state index in [1.807, 2.05) is 18.0 Å². The lowest BCUT2D eigenvalue weighted by atomic mass is 10.4. The van der Waals surface area contributed by atoms with E-state index in [1.54, 1.807) is 11.3 Å². The van der Waals surface area contributed by atoms with Crippen LogP contribution in [0.25, 0.3) is 0 Å². The molecule has 1 aliphatic rings. The van der Waals surface area contributed by atoms with Crippen LogP contribution in [0, 0.1) is 6.92 Å². The monoisotopic (exact) mass is 228 g/mol. The molecule has 0 radical (unpaired) electrons. The second-order valence-electron chi connectivity index (χ2n) is 3.60. The summed E-state index contributed by atoms with van der Waals surface area (Å²) in [6, 6.07) is 0. The van der Waals surface area contributed by atoms with E-state index in [4.69, 9.17) is 0 Å². The molecule has 1 aromatic heterocycles. The van der Waals surface area contributed by atoms with Gasteiger partial charge in [0.25, 0.3) is 0 Å². The van der Waals surface area contributed by atoms with Crippen molar-refractivity contribution >= 4 is 23.1 Å². The molecule has 14 heavy (non-hydrogen) atoms. The lowest BCUT2D eigenvalue weighted by Gasteiger charge is -2.12. The molecule has 1 saturated heterocycles.